The number of carbonyl (C=O) groups is 5. The number of nitrogens with zero attached hydrogens (tertiary/aromatic N) is 4. The van der Waals surface area contributed by atoms with Crippen molar-refractivity contribution in [2.24, 2.45) is 0 Å². The third-order valence-corrected chi connectivity index (χ3v) is 7.65. The van der Waals surface area contributed by atoms with Gasteiger partial charge < -0.3 is 39.4 Å². The molecule has 4 aliphatic rings. The lowest BCUT2D eigenvalue weighted by Crippen LogP contribution is -2.44. The highest BCUT2D eigenvalue weighted by Crippen LogP contribution is 2.27. The van der Waals surface area contributed by atoms with Gasteiger partial charge in [-0.2, -0.15) is 0 Å². The summed E-state index contributed by atoms with van der Waals surface area (Å²) in [5.74, 6) is -0.238. The summed E-state index contributed by atoms with van der Waals surface area (Å²) in [4.78, 5) is 67.7. The van der Waals surface area contributed by atoms with Crippen LogP contribution in [0.3, 0.4) is 0 Å². The van der Waals surface area contributed by atoms with E-state index in [1.807, 2.05) is 0 Å². The van der Waals surface area contributed by atoms with E-state index >= 15 is 0 Å². The second-order valence-corrected chi connectivity index (χ2v) is 10.6. The first-order chi connectivity index (χ1) is 21.4. The van der Waals surface area contributed by atoms with Gasteiger partial charge in [0.25, 0.3) is 11.8 Å². The number of hydrogen-bond acceptors (Lipinski definition) is 9. The van der Waals surface area contributed by atoms with E-state index < -0.39 is 30.4 Å². The van der Waals surface area contributed by atoms with Gasteiger partial charge in [0.05, 0.1) is 39.4 Å². The van der Waals surface area contributed by atoms with Crippen LogP contribution in [0.25, 0.3) is 0 Å². The van der Waals surface area contributed by atoms with Gasteiger partial charge in [-0.1, -0.05) is 0 Å². The number of rotatable bonds is 8. The minimum atomic E-state index is -0.565. The van der Waals surface area contributed by atoms with E-state index in [4.69, 9.17) is 18.9 Å². The number of urea groups is 1. The van der Waals surface area contributed by atoms with Gasteiger partial charge in [0.2, 0.25) is 0 Å². The first-order valence-electron chi connectivity index (χ1n) is 14.3. The molecule has 2 atom stereocenters. The van der Waals surface area contributed by atoms with Crippen molar-refractivity contribution < 1.29 is 42.9 Å². The monoisotopic (exact) mass is 608 g/mol. The third-order valence-electron chi connectivity index (χ3n) is 7.65. The number of amides is 6. The van der Waals surface area contributed by atoms with Crippen molar-refractivity contribution in [2.45, 2.75) is 12.2 Å². The predicted molar refractivity (Wildman–Crippen MR) is 156 cm³/mol. The van der Waals surface area contributed by atoms with Gasteiger partial charge >= 0.3 is 18.2 Å². The van der Waals surface area contributed by atoms with Gasteiger partial charge in [-0.05, 0) is 48.5 Å². The van der Waals surface area contributed by atoms with Crippen molar-refractivity contribution in [3.05, 3.63) is 48.5 Å². The Kier molecular flexibility index (Phi) is 8.47. The van der Waals surface area contributed by atoms with Crippen LogP contribution in [0.2, 0.25) is 0 Å². The van der Waals surface area contributed by atoms with Crippen LogP contribution in [0, 0.1) is 0 Å². The van der Waals surface area contributed by atoms with Gasteiger partial charge in [0.15, 0.2) is 0 Å². The zero-order valence-electron chi connectivity index (χ0n) is 23.8. The Hall–Kier alpha value is -4.89. The van der Waals surface area contributed by atoms with E-state index in [0.717, 1.165) is 11.4 Å². The molecule has 232 valence electrons. The zero-order chi connectivity index (χ0) is 30.6. The summed E-state index contributed by atoms with van der Waals surface area (Å²) < 4.78 is 21.1. The fourth-order valence-corrected chi connectivity index (χ4v) is 5.36. The fourth-order valence-electron chi connectivity index (χ4n) is 5.36. The maximum atomic E-state index is 12.5. The molecule has 2 N–H and O–H groups in total. The van der Waals surface area contributed by atoms with E-state index in [-0.39, 0.29) is 51.2 Å². The molecule has 0 spiro atoms. The van der Waals surface area contributed by atoms with Crippen molar-refractivity contribution in [3.8, 4) is 0 Å². The molecule has 44 heavy (non-hydrogen) atoms. The van der Waals surface area contributed by atoms with Crippen LogP contribution in [0.1, 0.15) is 0 Å². The molecular weight excluding hydrogens is 576 g/mol. The largest absolute Gasteiger partial charge is 0.442 e. The molecule has 1 unspecified atom stereocenters. The molecule has 0 saturated carbocycles. The standard InChI is InChI=1S/C29H32N6O9/c36-25-17-41-11-9-32(25)19-1-5-21(6-2-19)34-15-23(43-28(34)39)13-30-27(38)31-14-24-16-35(29(40)44-24)22-7-3-20(4-8-22)33-10-12-42-18-26(33)37/h1-8,23-24H,9-18H2,(H2,30,31,38)/t23-,24?/m0/s1. The lowest BCUT2D eigenvalue weighted by atomic mass is 10.2. The van der Waals surface area contributed by atoms with Crippen molar-refractivity contribution in [1.29, 1.82) is 0 Å². The molecule has 0 bridgehead atoms. The highest BCUT2D eigenvalue weighted by Gasteiger charge is 2.34. The molecule has 2 aromatic carbocycles. The lowest BCUT2D eigenvalue weighted by Gasteiger charge is -2.27. The van der Waals surface area contributed by atoms with Crippen LogP contribution in [0.4, 0.5) is 37.1 Å². The van der Waals surface area contributed by atoms with Gasteiger partial charge in [-0.15, -0.1) is 0 Å². The molecule has 15 heteroatoms. The smallest absolute Gasteiger partial charge is 0.414 e. The number of anilines is 4. The highest BCUT2D eigenvalue weighted by molar-refractivity contribution is 5.96. The van der Waals surface area contributed by atoms with E-state index in [1.165, 1.54) is 9.80 Å². The van der Waals surface area contributed by atoms with Gasteiger partial charge in [-0.25, -0.2) is 14.4 Å². The Morgan fingerprint density at radius 1 is 0.614 bits per heavy atom. The Bertz CT molecular complexity index is 1310. The quantitative estimate of drug-likeness (QED) is 0.447. The summed E-state index contributed by atoms with van der Waals surface area (Å²) >= 11 is 0. The molecule has 4 saturated heterocycles. The molecule has 0 aromatic heterocycles. The molecule has 6 amide bonds. The summed E-state index contributed by atoms with van der Waals surface area (Å²) in [6, 6.07) is 13.6. The van der Waals surface area contributed by atoms with Gasteiger partial charge in [0, 0.05) is 35.8 Å². The van der Waals surface area contributed by atoms with Crippen molar-refractivity contribution in [2.75, 3.05) is 85.3 Å². The minimum absolute atomic E-state index is 0.0436. The van der Waals surface area contributed by atoms with E-state index in [1.54, 1.807) is 58.3 Å². The van der Waals surface area contributed by atoms with Crippen LogP contribution >= 0.6 is 0 Å². The van der Waals surface area contributed by atoms with Crippen LogP contribution in [0.5, 0.6) is 0 Å². The van der Waals surface area contributed by atoms with Crippen LogP contribution in [0.15, 0.2) is 48.5 Å². The number of benzene rings is 2. The summed E-state index contributed by atoms with van der Waals surface area (Å²) in [6.07, 6.45) is -2.20. The lowest BCUT2D eigenvalue weighted by molar-refractivity contribution is -0.126. The molecule has 0 radical (unpaired) electrons. The molecule has 15 nitrogen and oxygen atoms in total. The topological polar surface area (TPSA) is 159 Å². The molecule has 4 aliphatic heterocycles. The summed E-state index contributed by atoms with van der Waals surface area (Å²) in [5.41, 5.74) is 2.67. The molecule has 4 fully saturated rings. The normalized spacial score (nSPS) is 22.3. The highest BCUT2D eigenvalue weighted by atomic mass is 16.6. The average molecular weight is 609 g/mol. The van der Waals surface area contributed by atoms with E-state index in [9.17, 15) is 24.0 Å². The van der Waals surface area contributed by atoms with E-state index in [0.29, 0.717) is 37.7 Å². The van der Waals surface area contributed by atoms with Gasteiger partial charge in [0.1, 0.15) is 25.4 Å². The van der Waals surface area contributed by atoms with Crippen molar-refractivity contribution in [3.63, 3.8) is 0 Å². The molecule has 4 heterocycles. The van der Waals surface area contributed by atoms with Crippen LogP contribution in [-0.2, 0) is 28.5 Å². The number of morpholine rings is 2. The number of nitrogens with one attached hydrogen (secondary N) is 2. The Labute approximate surface area is 252 Å². The SMILES string of the molecule is O=C(NCC1CN(c2ccc(N3CCOCC3=O)cc2)C(=O)O1)NC[C@H]1CN(c2ccc(N3CCOCC3=O)cc2)C(=O)O1. The third kappa shape index (κ3) is 6.38. The van der Waals surface area contributed by atoms with Crippen LogP contribution in [-0.4, -0.2) is 108 Å². The van der Waals surface area contributed by atoms with Gasteiger partial charge in [-0.3, -0.25) is 19.4 Å². The molecule has 0 aliphatic carbocycles. The number of cyclic esters (lactones) is 2. The maximum absolute atomic E-state index is 12.5. The second-order valence-electron chi connectivity index (χ2n) is 10.6. The summed E-state index contributed by atoms with van der Waals surface area (Å²) in [6.45, 7) is 2.60. The summed E-state index contributed by atoms with van der Waals surface area (Å²) in [7, 11) is 0. The Morgan fingerprint density at radius 3 is 1.34 bits per heavy atom. The second kappa shape index (κ2) is 12.8. The molecule has 2 aromatic rings. The Balaban J connectivity index is 0.936. The first-order valence-corrected chi connectivity index (χ1v) is 14.3. The Morgan fingerprint density at radius 2 is 0.977 bits per heavy atom. The van der Waals surface area contributed by atoms with Crippen molar-refractivity contribution >= 4 is 52.8 Å². The fraction of sp³-hybridized carbons (Fsp3) is 0.414. The number of hydrogen-bond donors (Lipinski definition) is 2. The average Bonchev–Trinajstić information content (AvgIpc) is 3.61. The first kappa shape index (κ1) is 29.2. The maximum Gasteiger partial charge on any atom is 0.414 e. The number of carbonyl (C=O) groups excluding carboxylic acids is 5. The minimum Gasteiger partial charge on any atom is -0.442 e. The predicted octanol–water partition coefficient (Wildman–Crippen LogP) is 1.06. The summed E-state index contributed by atoms with van der Waals surface area (Å²) in [5, 5.41) is 5.38. The van der Waals surface area contributed by atoms with Crippen LogP contribution < -0.4 is 30.2 Å². The zero-order valence-corrected chi connectivity index (χ0v) is 23.8. The molecule has 6 rings (SSSR count). The molecular formula is C29H32N6O9. The van der Waals surface area contributed by atoms with Crippen molar-refractivity contribution in [1.82, 2.24) is 10.6 Å². The van der Waals surface area contributed by atoms with E-state index in [2.05, 4.69) is 10.6 Å². The number of ether oxygens (including phenoxy) is 4.